The molecule has 0 atom stereocenters. The molecule has 1 aromatic carbocycles. The number of amides is 1. The lowest BCUT2D eigenvalue weighted by Gasteiger charge is -2.02. The van der Waals surface area contributed by atoms with Gasteiger partial charge in [-0.15, -0.1) is 0 Å². The van der Waals surface area contributed by atoms with Gasteiger partial charge in [-0.2, -0.15) is 10.4 Å². The highest BCUT2D eigenvalue weighted by Gasteiger charge is 2.09. The summed E-state index contributed by atoms with van der Waals surface area (Å²) in [5.74, 6) is 0.0401. The van der Waals surface area contributed by atoms with Crippen LogP contribution in [0.1, 0.15) is 11.1 Å². The van der Waals surface area contributed by atoms with Gasteiger partial charge in [-0.3, -0.25) is 9.48 Å². The van der Waals surface area contributed by atoms with Crippen molar-refractivity contribution in [1.29, 1.82) is 5.26 Å². The van der Waals surface area contributed by atoms with Crippen molar-refractivity contribution < 1.29 is 4.79 Å². The summed E-state index contributed by atoms with van der Waals surface area (Å²) in [5, 5.41) is 16.1. The van der Waals surface area contributed by atoms with Gasteiger partial charge in [-0.25, -0.2) is 0 Å². The lowest BCUT2D eigenvalue weighted by Crippen LogP contribution is -2.12. The summed E-state index contributed by atoms with van der Waals surface area (Å²) in [6.45, 7) is 0. The summed E-state index contributed by atoms with van der Waals surface area (Å²) in [7, 11) is 1.65. The van der Waals surface area contributed by atoms with Gasteiger partial charge < -0.3 is 5.32 Å². The lowest BCUT2D eigenvalue weighted by molar-refractivity contribution is -0.111. The molecule has 1 aromatic heterocycles. The number of anilines is 1. The second-order valence-corrected chi connectivity index (χ2v) is 4.45. The number of benzene rings is 1. The molecule has 1 N–H and O–H groups in total. The number of hydrogen-bond acceptors (Lipinski definition) is 3. The van der Waals surface area contributed by atoms with Crippen molar-refractivity contribution in [2.75, 3.05) is 5.32 Å². The third-order valence-electron chi connectivity index (χ3n) is 2.60. The van der Waals surface area contributed by atoms with Crippen molar-refractivity contribution in [2.45, 2.75) is 0 Å². The Morgan fingerprint density at radius 1 is 1.45 bits per heavy atom. The number of halogens is 1. The highest BCUT2D eigenvalue weighted by molar-refractivity contribution is 6.30. The van der Waals surface area contributed by atoms with E-state index in [0.29, 0.717) is 16.4 Å². The normalized spacial score (nSPS) is 10.4. The van der Waals surface area contributed by atoms with Crippen molar-refractivity contribution in [2.24, 2.45) is 7.05 Å². The molecule has 0 aliphatic heterocycles. The van der Waals surface area contributed by atoms with Crippen LogP contribution in [0, 0.1) is 11.3 Å². The average Bonchev–Trinajstić information content (AvgIpc) is 2.79. The van der Waals surface area contributed by atoms with Crippen LogP contribution < -0.4 is 5.32 Å². The van der Waals surface area contributed by atoms with Crippen molar-refractivity contribution >= 4 is 29.4 Å². The van der Waals surface area contributed by atoms with Crippen LogP contribution in [0.2, 0.25) is 5.02 Å². The molecule has 0 saturated carbocycles. The van der Waals surface area contributed by atoms with E-state index in [0.717, 1.165) is 5.56 Å². The van der Waals surface area contributed by atoms with Crippen molar-refractivity contribution in [1.82, 2.24) is 9.78 Å². The van der Waals surface area contributed by atoms with Crippen LogP contribution in [0.3, 0.4) is 0 Å². The number of rotatable bonds is 3. The molecular formula is C14H11ClN4O. The predicted molar refractivity (Wildman–Crippen MR) is 77.0 cm³/mol. The summed E-state index contributed by atoms with van der Waals surface area (Å²) >= 11 is 5.78. The number of aromatic nitrogens is 2. The van der Waals surface area contributed by atoms with E-state index in [1.54, 1.807) is 37.4 Å². The van der Waals surface area contributed by atoms with Crippen molar-refractivity contribution in [3.8, 4) is 6.07 Å². The van der Waals surface area contributed by atoms with Gasteiger partial charge in [-0.1, -0.05) is 23.7 Å². The Labute approximate surface area is 121 Å². The summed E-state index contributed by atoms with van der Waals surface area (Å²) in [6.07, 6.45) is 4.45. The van der Waals surface area contributed by atoms with Crippen LogP contribution in [0.15, 0.2) is 36.5 Å². The molecule has 0 spiro atoms. The van der Waals surface area contributed by atoms with Crippen LogP contribution >= 0.6 is 11.6 Å². The number of hydrogen-bond donors (Lipinski definition) is 1. The second kappa shape index (κ2) is 6.04. The predicted octanol–water partition coefficient (Wildman–Crippen LogP) is 2.60. The molecule has 6 heteroatoms. The molecule has 0 aliphatic rings. The van der Waals surface area contributed by atoms with Gasteiger partial charge >= 0.3 is 0 Å². The van der Waals surface area contributed by atoms with E-state index in [1.807, 2.05) is 6.07 Å². The third-order valence-corrected chi connectivity index (χ3v) is 2.85. The minimum absolute atomic E-state index is 0.320. The fraction of sp³-hybridized carbons (Fsp3) is 0.0714. The monoisotopic (exact) mass is 286 g/mol. The van der Waals surface area contributed by atoms with E-state index in [2.05, 4.69) is 10.4 Å². The van der Waals surface area contributed by atoms with Crippen LogP contribution in [-0.2, 0) is 11.8 Å². The first kappa shape index (κ1) is 13.8. The fourth-order valence-corrected chi connectivity index (χ4v) is 1.70. The average molecular weight is 287 g/mol. The summed E-state index contributed by atoms with van der Waals surface area (Å²) in [6, 6.07) is 9.06. The Balaban J connectivity index is 2.08. The van der Waals surface area contributed by atoms with E-state index >= 15 is 0 Å². The van der Waals surface area contributed by atoms with Gasteiger partial charge in [0.05, 0.1) is 6.20 Å². The van der Waals surface area contributed by atoms with E-state index in [1.165, 1.54) is 17.0 Å². The van der Waals surface area contributed by atoms with Gasteiger partial charge in [0.2, 0.25) is 5.91 Å². The molecule has 0 radical (unpaired) electrons. The Kier molecular flexibility index (Phi) is 4.18. The molecule has 1 amide bonds. The van der Waals surface area contributed by atoms with E-state index < -0.39 is 0 Å². The number of carbonyl (C=O) groups excluding carboxylic acids is 1. The Morgan fingerprint density at radius 2 is 2.15 bits per heavy atom. The maximum Gasteiger partial charge on any atom is 0.249 e. The number of nitrogens with one attached hydrogen (secondary N) is 1. The van der Waals surface area contributed by atoms with Crippen LogP contribution in [0.25, 0.3) is 6.08 Å². The smallest absolute Gasteiger partial charge is 0.249 e. The van der Waals surface area contributed by atoms with Crippen molar-refractivity contribution in [3.63, 3.8) is 0 Å². The molecule has 5 nitrogen and oxygen atoms in total. The molecule has 0 bridgehead atoms. The fourth-order valence-electron chi connectivity index (χ4n) is 1.57. The minimum Gasteiger partial charge on any atom is -0.306 e. The molecular weight excluding hydrogens is 276 g/mol. The summed E-state index contributed by atoms with van der Waals surface area (Å²) < 4.78 is 1.44. The molecule has 2 aromatic rings. The Bertz CT molecular complexity index is 695. The molecule has 100 valence electrons. The van der Waals surface area contributed by atoms with Gasteiger partial charge in [0.25, 0.3) is 0 Å². The minimum atomic E-state index is -0.333. The summed E-state index contributed by atoms with van der Waals surface area (Å²) in [4.78, 5) is 11.8. The zero-order chi connectivity index (χ0) is 14.5. The maximum absolute atomic E-state index is 11.8. The molecule has 0 fully saturated rings. The molecule has 0 unspecified atom stereocenters. The van der Waals surface area contributed by atoms with E-state index in [9.17, 15) is 4.79 Å². The van der Waals surface area contributed by atoms with Crippen LogP contribution in [0.4, 0.5) is 5.82 Å². The molecule has 2 rings (SSSR count). The van der Waals surface area contributed by atoms with Gasteiger partial charge in [-0.05, 0) is 23.8 Å². The number of carbonyl (C=O) groups is 1. The maximum atomic E-state index is 11.8. The molecule has 0 aliphatic carbocycles. The second-order valence-electron chi connectivity index (χ2n) is 4.02. The highest BCUT2D eigenvalue weighted by atomic mass is 35.5. The SMILES string of the molecule is Cn1ncc(C#N)c1NC(=O)/C=C/c1ccc(Cl)cc1. The Morgan fingerprint density at radius 3 is 2.80 bits per heavy atom. The standard InChI is InChI=1S/C14H11ClN4O/c1-19-14(11(8-16)9-17-19)18-13(20)7-4-10-2-5-12(15)6-3-10/h2-7,9H,1H3,(H,18,20)/b7-4+. The topological polar surface area (TPSA) is 70.7 Å². The number of aryl methyl sites for hydroxylation is 1. The van der Waals surface area contributed by atoms with E-state index in [-0.39, 0.29) is 5.91 Å². The zero-order valence-corrected chi connectivity index (χ0v) is 11.4. The van der Waals surface area contributed by atoms with Gasteiger partial charge in [0.15, 0.2) is 0 Å². The first-order chi connectivity index (χ1) is 9.60. The highest BCUT2D eigenvalue weighted by Crippen LogP contribution is 2.13. The van der Waals surface area contributed by atoms with E-state index in [4.69, 9.17) is 16.9 Å². The van der Waals surface area contributed by atoms with Crippen LogP contribution in [0.5, 0.6) is 0 Å². The molecule has 0 saturated heterocycles. The first-order valence-electron chi connectivity index (χ1n) is 5.77. The first-order valence-corrected chi connectivity index (χ1v) is 6.14. The zero-order valence-electron chi connectivity index (χ0n) is 10.7. The van der Waals surface area contributed by atoms with Crippen molar-refractivity contribution in [3.05, 3.63) is 52.7 Å². The number of nitriles is 1. The Hall–Kier alpha value is -2.58. The lowest BCUT2D eigenvalue weighted by atomic mass is 10.2. The van der Waals surface area contributed by atoms with Gasteiger partial charge in [0.1, 0.15) is 17.5 Å². The summed E-state index contributed by atoms with van der Waals surface area (Å²) in [5.41, 5.74) is 1.18. The molecule has 20 heavy (non-hydrogen) atoms. The largest absolute Gasteiger partial charge is 0.306 e. The van der Waals surface area contributed by atoms with Crippen LogP contribution in [-0.4, -0.2) is 15.7 Å². The molecule has 1 heterocycles. The third kappa shape index (κ3) is 3.25. The van der Waals surface area contributed by atoms with Gasteiger partial charge in [0, 0.05) is 18.1 Å². The number of nitrogens with zero attached hydrogens (tertiary/aromatic N) is 3. The quantitative estimate of drug-likeness (QED) is 0.882.